The Bertz CT molecular complexity index is 817. The van der Waals surface area contributed by atoms with E-state index in [1.54, 1.807) is 0 Å². The van der Waals surface area contributed by atoms with Crippen LogP contribution in [0.15, 0.2) is 48.5 Å². The van der Waals surface area contributed by atoms with Gasteiger partial charge in [0.1, 0.15) is 5.75 Å². The number of hydrogen-bond acceptors (Lipinski definition) is 4. The molecule has 6 nitrogen and oxygen atoms in total. The average Bonchev–Trinajstić information content (AvgIpc) is 3.29. The van der Waals surface area contributed by atoms with Gasteiger partial charge < -0.3 is 24.6 Å². The first-order valence-electron chi connectivity index (χ1n) is 10.9. The lowest BCUT2D eigenvalue weighted by Gasteiger charge is -2.29. The van der Waals surface area contributed by atoms with E-state index in [2.05, 4.69) is 46.6 Å². The first kappa shape index (κ1) is 20.5. The summed E-state index contributed by atoms with van der Waals surface area (Å²) in [4.78, 5) is 17.1. The molecule has 2 fully saturated rings. The largest absolute Gasteiger partial charge is 0.494 e. The smallest absolute Gasteiger partial charge is 0.318 e. The summed E-state index contributed by atoms with van der Waals surface area (Å²) >= 11 is 0. The van der Waals surface area contributed by atoms with Gasteiger partial charge in [0.25, 0.3) is 0 Å². The Hall–Kier alpha value is -2.73. The van der Waals surface area contributed by atoms with E-state index in [0.717, 1.165) is 57.0 Å². The van der Waals surface area contributed by atoms with Crippen molar-refractivity contribution in [3.8, 4) is 5.75 Å². The molecule has 2 aromatic rings. The van der Waals surface area contributed by atoms with Crippen molar-refractivity contribution in [2.75, 3.05) is 44.4 Å². The van der Waals surface area contributed by atoms with Crippen LogP contribution >= 0.6 is 0 Å². The van der Waals surface area contributed by atoms with E-state index in [1.807, 2.05) is 24.0 Å². The number of morpholine rings is 1. The maximum Gasteiger partial charge on any atom is 0.318 e. The van der Waals surface area contributed by atoms with E-state index in [0.29, 0.717) is 13.2 Å². The second-order valence-corrected chi connectivity index (χ2v) is 7.78. The van der Waals surface area contributed by atoms with Gasteiger partial charge >= 0.3 is 6.03 Å². The number of urea groups is 1. The molecule has 2 aliphatic heterocycles. The van der Waals surface area contributed by atoms with Crippen molar-refractivity contribution in [1.82, 2.24) is 10.2 Å². The van der Waals surface area contributed by atoms with Gasteiger partial charge in [0.2, 0.25) is 0 Å². The zero-order chi connectivity index (χ0) is 20.8. The van der Waals surface area contributed by atoms with Crippen LogP contribution in [0.4, 0.5) is 10.5 Å². The van der Waals surface area contributed by atoms with Crippen molar-refractivity contribution in [3.05, 3.63) is 59.7 Å². The van der Waals surface area contributed by atoms with Gasteiger partial charge in [-0.05, 0) is 55.2 Å². The zero-order valence-corrected chi connectivity index (χ0v) is 17.7. The molecule has 0 bridgehead atoms. The Labute approximate surface area is 178 Å². The van der Waals surface area contributed by atoms with Gasteiger partial charge in [-0.15, -0.1) is 0 Å². The quantitative estimate of drug-likeness (QED) is 0.784. The first-order valence-corrected chi connectivity index (χ1v) is 10.9. The average molecular weight is 410 g/mol. The molecular weight excluding hydrogens is 378 g/mol. The van der Waals surface area contributed by atoms with Crippen molar-refractivity contribution in [1.29, 1.82) is 0 Å². The molecule has 6 heteroatoms. The van der Waals surface area contributed by atoms with Crippen LogP contribution in [0.25, 0.3) is 0 Å². The summed E-state index contributed by atoms with van der Waals surface area (Å²) in [6, 6.07) is 16.7. The van der Waals surface area contributed by atoms with E-state index < -0.39 is 0 Å². The summed E-state index contributed by atoms with van der Waals surface area (Å²) in [5, 5.41) is 3.10. The summed E-state index contributed by atoms with van der Waals surface area (Å²) in [6.45, 7) is 7.38. The highest BCUT2D eigenvalue weighted by atomic mass is 16.5. The lowest BCUT2D eigenvalue weighted by molar-refractivity contribution is 0.122. The van der Waals surface area contributed by atoms with Crippen LogP contribution in [-0.2, 0) is 11.3 Å². The number of carbonyl (C=O) groups excluding carboxylic acids is 1. The Balaban J connectivity index is 1.32. The third-order valence-electron chi connectivity index (χ3n) is 5.85. The van der Waals surface area contributed by atoms with Crippen molar-refractivity contribution >= 4 is 11.7 Å². The minimum atomic E-state index is 0.00337. The second kappa shape index (κ2) is 9.85. The normalized spacial score (nSPS) is 19.0. The summed E-state index contributed by atoms with van der Waals surface area (Å²) in [5.41, 5.74) is 3.49. The van der Waals surface area contributed by atoms with E-state index >= 15 is 0 Å². The number of benzene rings is 2. The highest BCUT2D eigenvalue weighted by molar-refractivity contribution is 5.75. The summed E-state index contributed by atoms with van der Waals surface area (Å²) < 4.78 is 10.9. The SMILES string of the molecule is CCOc1ccc(C2CCCN2C(=O)NCc2ccc(N3CCOCC3)cc2)cc1. The lowest BCUT2D eigenvalue weighted by Crippen LogP contribution is -2.39. The molecule has 2 heterocycles. The number of rotatable bonds is 6. The van der Waals surface area contributed by atoms with Crippen molar-refractivity contribution in [2.45, 2.75) is 32.4 Å². The van der Waals surface area contributed by atoms with Crippen LogP contribution < -0.4 is 15.0 Å². The standard InChI is InChI=1S/C24H31N3O3/c1-2-30-22-11-7-20(8-12-22)23-4-3-13-27(23)24(28)25-18-19-5-9-21(10-6-19)26-14-16-29-17-15-26/h5-12,23H,2-4,13-18H2,1H3,(H,25,28). The maximum absolute atomic E-state index is 12.9. The molecule has 2 aromatic carbocycles. The Kier molecular flexibility index (Phi) is 6.74. The Morgan fingerprint density at radius 3 is 2.50 bits per heavy atom. The third-order valence-corrected chi connectivity index (χ3v) is 5.85. The van der Waals surface area contributed by atoms with E-state index in [1.165, 1.54) is 11.3 Å². The fourth-order valence-electron chi connectivity index (χ4n) is 4.23. The number of nitrogens with one attached hydrogen (secondary N) is 1. The maximum atomic E-state index is 12.9. The monoisotopic (exact) mass is 409 g/mol. The minimum absolute atomic E-state index is 0.00337. The molecule has 0 saturated carbocycles. The molecule has 2 amide bonds. The second-order valence-electron chi connectivity index (χ2n) is 7.78. The highest BCUT2D eigenvalue weighted by Gasteiger charge is 2.29. The molecule has 30 heavy (non-hydrogen) atoms. The summed E-state index contributed by atoms with van der Waals surface area (Å²) in [5.74, 6) is 0.871. The number of nitrogens with zero attached hydrogens (tertiary/aromatic N) is 2. The fourth-order valence-corrected chi connectivity index (χ4v) is 4.23. The Morgan fingerprint density at radius 1 is 1.07 bits per heavy atom. The summed E-state index contributed by atoms with van der Waals surface area (Å²) in [7, 11) is 0. The molecule has 2 aliphatic rings. The lowest BCUT2D eigenvalue weighted by atomic mass is 10.0. The molecule has 1 N–H and O–H groups in total. The molecule has 160 valence electrons. The molecule has 0 aromatic heterocycles. The molecule has 4 rings (SSSR count). The topological polar surface area (TPSA) is 54.0 Å². The van der Waals surface area contributed by atoms with Gasteiger partial charge in [0.05, 0.1) is 25.9 Å². The van der Waals surface area contributed by atoms with Crippen LogP contribution in [0.3, 0.4) is 0 Å². The van der Waals surface area contributed by atoms with Gasteiger partial charge in [-0.1, -0.05) is 24.3 Å². The number of amides is 2. The van der Waals surface area contributed by atoms with Crippen molar-refractivity contribution in [3.63, 3.8) is 0 Å². The molecular formula is C24H31N3O3. The summed E-state index contributed by atoms with van der Waals surface area (Å²) in [6.07, 6.45) is 2.02. The van der Waals surface area contributed by atoms with Gasteiger partial charge in [-0.3, -0.25) is 0 Å². The van der Waals surface area contributed by atoms with E-state index in [4.69, 9.17) is 9.47 Å². The van der Waals surface area contributed by atoms with Crippen LogP contribution in [-0.4, -0.2) is 50.4 Å². The van der Waals surface area contributed by atoms with Crippen LogP contribution in [0, 0.1) is 0 Å². The molecule has 1 unspecified atom stereocenters. The van der Waals surface area contributed by atoms with E-state index in [9.17, 15) is 4.79 Å². The first-order chi connectivity index (χ1) is 14.7. The van der Waals surface area contributed by atoms with Crippen molar-refractivity contribution in [2.24, 2.45) is 0 Å². The number of hydrogen-bond donors (Lipinski definition) is 1. The zero-order valence-electron chi connectivity index (χ0n) is 17.7. The predicted molar refractivity (Wildman–Crippen MR) is 118 cm³/mol. The molecule has 0 spiro atoms. The molecule has 2 saturated heterocycles. The van der Waals surface area contributed by atoms with Gasteiger partial charge in [-0.2, -0.15) is 0 Å². The third kappa shape index (κ3) is 4.87. The number of anilines is 1. The van der Waals surface area contributed by atoms with Gasteiger partial charge in [0.15, 0.2) is 0 Å². The molecule has 1 atom stereocenters. The molecule has 0 radical (unpaired) electrons. The van der Waals surface area contributed by atoms with Crippen LogP contribution in [0.2, 0.25) is 0 Å². The minimum Gasteiger partial charge on any atom is -0.494 e. The fraction of sp³-hybridized carbons (Fsp3) is 0.458. The van der Waals surface area contributed by atoms with E-state index in [-0.39, 0.29) is 12.1 Å². The molecule has 0 aliphatic carbocycles. The Morgan fingerprint density at radius 2 is 1.80 bits per heavy atom. The highest BCUT2D eigenvalue weighted by Crippen LogP contribution is 2.32. The van der Waals surface area contributed by atoms with Gasteiger partial charge in [-0.25, -0.2) is 4.79 Å². The number of carbonyl (C=O) groups is 1. The number of likely N-dealkylation sites (tertiary alicyclic amines) is 1. The van der Waals surface area contributed by atoms with Crippen molar-refractivity contribution < 1.29 is 14.3 Å². The van der Waals surface area contributed by atoms with Crippen LogP contribution in [0.5, 0.6) is 5.75 Å². The van der Waals surface area contributed by atoms with Gasteiger partial charge in [0, 0.05) is 31.9 Å². The van der Waals surface area contributed by atoms with Crippen LogP contribution in [0.1, 0.15) is 36.9 Å². The number of ether oxygens (including phenoxy) is 2. The predicted octanol–water partition coefficient (Wildman–Crippen LogP) is 3.97.